The normalized spacial score (nSPS) is 15.3. The lowest BCUT2D eigenvalue weighted by atomic mass is 10.2. The molecule has 2 heterocycles. The summed E-state index contributed by atoms with van der Waals surface area (Å²) in [6.45, 7) is 1.20. The second-order valence-corrected chi connectivity index (χ2v) is 7.69. The number of ether oxygens (including phenoxy) is 1. The first kappa shape index (κ1) is 20.1. The molecule has 0 spiro atoms. The van der Waals surface area contributed by atoms with E-state index in [9.17, 15) is 9.59 Å². The molecule has 0 unspecified atom stereocenters. The summed E-state index contributed by atoms with van der Waals surface area (Å²) in [6.07, 6.45) is 7.83. The van der Waals surface area contributed by atoms with Gasteiger partial charge in [-0.15, -0.1) is 0 Å². The minimum Gasteiger partial charge on any atom is -0.496 e. The number of hydrogen-bond acceptors (Lipinski definition) is 6. The first-order chi connectivity index (χ1) is 13.6. The number of aryl methyl sites for hydroxylation is 1. The molecule has 3 rings (SSSR count). The van der Waals surface area contributed by atoms with Crippen molar-refractivity contribution in [2.24, 2.45) is 0 Å². The van der Waals surface area contributed by atoms with Gasteiger partial charge < -0.3 is 14.6 Å². The molecule has 0 aliphatic carbocycles. The fourth-order valence-electron chi connectivity index (χ4n) is 2.67. The number of thioether (sulfide) groups is 1. The van der Waals surface area contributed by atoms with Gasteiger partial charge in [-0.1, -0.05) is 42.2 Å². The standard InChI is InChI=1S/C19H20N4O3S2/c1-26-15-6-3-2-5-14(15)11-16-18(25)23(19(27)28-16)12-17(24)21-7-4-9-22-10-8-20-13-22/h2-3,5-6,8,10-11,13H,4,7,9,12H2,1H3,(H,21,24). The summed E-state index contributed by atoms with van der Waals surface area (Å²) in [5.74, 6) is 0.165. The SMILES string of the molecule is COc1ccccc1C=C1SC(=S)N(CC(=O)NCCCn2ccnc2)C1=O. The highest BCUT2D eigenvalue weighted by Crippen LogP contribution is 2.33. The number of hydrogen-bond donors (Lipinski definition) is 1. The zero-order chi connectivity index (χ0) is 19.9. The Balaban J connectivity index is 1.54. The first-order valence-corrected chi connectivity index (χ1v) is 9.92. The maximum Gasteiger partial charge on any atom is 0.266 e. The summed E-state index contributed by atoms with van der Waals surface area (Å²) in [6, 6.07) is 7.41. The average Bonchev–Trinajstić information content (AvgIpc) is 3.30. The molecular weight excluding hydrogens is 396 g/mol. The first-order valence-electron chi connectivity index (χ1n) is 8.69. The summed E-state index contributed by atoms with van der Waals surface area (Å²) in [7, 11) is 1.58. The molecule has 1 aromatic carbocycles. The Labute approximate surface area is 172 Å². The number of methoxy groups -OCH3 is 1. The van der Waals surface area contributed by atoms with E-state index in [-0.39, 0.29) is 18.4 Å². The Bertz CT molecular complexity index is 896. The topological polar surface area (TPSA) is 76.5 Å². The van der Waals surface area contributed by atoms with Gasteiger partial charge in [0.2, 0.25) is 5.91 Å². The van der Waals surface area contributed by atoms with Gasteiger partial charge in [0.05, 0.1) is 18.3 Å². The Morgan fingerprint density at radius 2 is 2.21 bits per heavy atom. The third kappa shape index (κ3) is 4.99. The Kier molecular flexibility index (Phi) is 6.83. The van der Waals surface area contributed by atoms with Gasteiger partial charge in [-0.25, -0.2) is 4.98 Å². The highest BCUT2D eigenvalue weighted by molar-refractivity contribution is 8.26. The predicted molar refractivity (Wildman–Crippen MR) is 113 cm³/mol. The monoisotopic (exact) mass is 416 g/mol. The molecule has 0 atom stereocenters. The number of amides is 2. The smallest absolute Gasteiger partial charge is 0.266 e. The van der Waals surface area contributed by atoms with Crippen LogP contribution in [0, 0.1) is 0 Å². The molecule has 9 heteroatoms. The number of benzene rings is 1. The number of nitrogens with zero attached hydrogens (tertiary/aromatic N) is 3. The van der Waals surface area contributed by atoms with Crippen LogP contribution in [0.15, 0.2) is 47.9 Å². The van der Waals surface area contributed by atoms with Crippen molar-refractivity contribution < 1.29 is 14.3 Å². The van der Waals surface area contributed by atoms with Gasteiger partial charge in [-0.2, -0.15) is 0 Å². The van der Waals surface area contributed by atoms with Gasteiger partial charge in [0, 0.05) is 31.0 Å². The molecule has 1 N–H and O–H groups in total. The van der Waals surface area contributed by atoms with Crippen molar-refractivity contribution >= 4 is 46.2 Å². The molecule has 2 aromatic rings. The van der Waals surface area contributed by atoms with Crippen molar-refractivity contribution in [2.45, 2.75) is 13.0 Å². The number of imidazole rings is 1. The fourth-order valence-corrected chi connectivity index (χ4v) is 3.92. The van der Waals surface area contributed by atoms with Gasteiger partial charge in [-0.3, -0.25) is 14.5 Å². The van der Waals surface area contributed by atoms with Crippen molar-refractivity contribution in [1.29, 1.82) is 0 Å². The summed E-state index contributed by atoms with van der Waals surface area (Å²) in [4.78, 5) is 30.6. The van der Waals surface area contributed by atoms with Crippen LogP contribution >= 0.6 is 24.0 Å². The van der Waals surface area contributed by atoms with Crippen LogP contribution in [0.1, 0.15) is 12.0 Å². The number of thiocarbonyl (C=S) groups is 1. The molecule has 1 aliphatic heterocycles. The van der Waals surface area contributed by atoms with E-state index < -0.39 is 0 Å². The fraction of sp³-hybridized carbons (Fsp3) is 0.263. The number of aromatic nitrogens is 2. The number of para-hydroxylation sites is 1. The molecule has 2 amide bonds. The van der Waals surface area contributed by atoms with E-state index in [4.69, 9.17) is 17.0 Å². The maximum absolute atomic E-state index is 12.7. The van der Waals surface area contributed by atoms with Gasteiger partial charge in [-0.05, 0) is 18.6 Å². The van der Waals surface area contributed by atoms with E-state index >= 15 is 0 Å². The lowest BCUT2D eigenvalue weighted by Gasteiger charge is -2.14. The summed E-state index contributed by atoms with van der Waals surface area (Å²) in [5, 5.41) is 2.82. The Hall–Kier alpha value is -2.65. The average molecular weight is 417 g/mol. The molecule has 0 bridgehead atoms. The lowest BCUT2D eigenvalue weighted by Crippen LogP contribution is -2.39. The van der Waals surface area contributed by atoms with Crippen molar-refractivity contribution in [3.05, 3.63) is 53.5 Å². The van der Waals surface area contributed by atoms with Crippen LogP contribution < -0.4 is 10.1 Å². The van der Waals surface area contributed by atoms with Gasteiger partial charge in [0.15, 0.2) is 0 Å². The molecule has 0 radical (unpaired) electrons. The second-order valence-electron chi connectivity index (χ2n) is 6.01. The summed E-state index contributed by atoms with van der Waals surface area (Å²) >= 11 is 6.47. The number of nitrogens with one attached hydrogen (secondary N) is 1. The lowest BCUT2D eigenvalue weighted by molar-refractivity contribution is -0.128. The number of carbonyl (C=O) groups excluding carboxylic acids is 2. The van der Waals surface area contributed by atoms with Crippen molar-refractivity contribution in [2.75, 3.05) is 20.2 Å². The van der Waals surface area contributed by atoms with E-state index in [1.54, 1.807) is 25.7 Å². The summed E-state index contributed by atoms with van der Waals surface area (Å²) < 4.78 is 7.63. The highest BCUT2D eigenvalue weighted by atomic mass is 32.2. The molecule has 1 aliphatic rings. The number of carbonyl (C=O) groups is 2. The minimum absolute atomic E-state index is 0.0843. The molecular formula is C19H20N4O3S2. The third-order valence-corrected chi connectivity index (χ3v) is 5.45. The van der Waals surface area contributed by atoms with Crippen molar-refractivity contribution in [1.82, 2.24) is 19.8 Å². The van der Waals surface area contributed by atoms with Crippen LogP contribution in [0.4, 0.5) is 0 Å². The van der Waals surface area contributed by atoms with Gasteiger partial charge in [0.1, 0.15) is 16.6 Å². The highest BCUT2D eigenvalue weighted by Gasteiger charge is 2.33. The molecule has 0 saturated carbocycles. The zero-order valence-corrected chi connectivity index (χ0v) is 17.0. The van der Waals surface area contributed by atoms with Crippen LogP contribution in [-0.2, 0) is 16.1 Å². The van der Waals surface area contributed by atoms with E-state index in [0.29, 0.717) is 21.5 Å². The van der Waals surface area contributed by atoms with Crippen LogP contribution in [0.5, 0.6) is 5.75 Å². The summed E-state index contributed by atoms with van der Waals surface area (Å²) in [5.41, 5.74) is 0.787. The quantitative estimate of drug-likeness (QED) is 0.404. The predicted octanol–water partition coefficient (Wildman–Crippen LogP) is 2.30. The van der Waals surface area contributed by atoms with E-state index in [1.807, 2.05) is 35.0 Å². The zero-order valence-electron chi connectivity index (χ0n) is 15.3. The van der Waals surface area contributed by atoms with E-state index in [0.717, 1.165) is 18.5 Å². The second kappa shape index (κ2) is 9.52. The largest absolute Gasteiger partial charge is 0.496 e. The van der Waals surface area contributed by atoms with Crippen LogP contribution in [0.3, 0.4) is 0 Å². The maximum atomic E-state index is 12.7. The van der Waals surface area contributed by atoms with Gasteiger partial charge >= 0.3 is 0 Å². The molecule has 1 fully saturated rings. The van der Waals surface area contributed by atoms with E-state index in [1.165, 1.54) is 16.7 Å². The Morgan fingerprint density at radius 3 is 2.96 bits per heavy atom. The van der Waals surface area contributed by atoms with Crippen LogP contribution in [-0.4, -0.2) is 50.8 Å². The molecule has 146 valence electrons. The third-order valence-electron chi connectivity index (χ3n) is 4.08. The van der Waals surface area contributed by atoms with Crippen molar-refractivity contribution in [3.8, 4) is 5.75 Å². The van der Waals surface area contributed by atoms with E-state index in [2.05, 4.69) is 10.3 Å². The molecule has 1 saturated heterocycles. The molecule has 1 aromatic heterocycles. The minimum atomic E-state index is -0.269. The number of rotatable bonds is 8. The molecule has 28 heavy (non-hydrogen) atoms. The van der Waals surface area contributed by atoms with Gasteiger partial charge in [0.25, 0.3) is 5.91 Å². The van der Waals surface area contributed by atoms with Crippen LogP contribution in [0.25, 0.3) is 6.08 Å². The molecule has 7 nitrogen and oxygen atoms in total. The Morgan fingerprint density at radius 1 is 1.39 bits per heavy atom. The van der Waals surface area contributed by atoms with Crippen molar-refractivity contribution in [3.63, 3.8) is 0 Å². The van der Waals surface area contributed by atoms with Crippen LogP contribution in [0.2, 0.25) is 0 Å².